The second-order valence-electron chi connectivity index (χ2n) is 3.34. The third-order valence-corrected chi connectivity index (χ3v) is 3.11. The molecular weight excluding hydrogens is 471 g/mol. The number of thioether (sulfide) groups is 2. The van der Waals surface area contributed by atoms with E-state index in [9.17, 15) is 9.59 Å². The van der Waals surface area contributed by atoms with Gasteiger partial charge in [-0.3, -0.25) is 9.59 Å². The number of carboxylic acid groups (broad SMARTS) is 2. The first-order valence-electron chi connectivity index (χ1n) is 5.22. The summed E-state index contributed by atoms with van der Waals surface area (Å²) in [6.45, 7) is 0. The Kier molecular flexibility index (Phi) is 20.8. The molecule has 0 spiro atoms. The number of hydrogen-bond donors (Lipinski definition) is 2. The fourth-order valence-corrected chi connectivity index (χ4v) is 1.66. The molecule has 0 fully saturated rings. The minimum atomic E-state index is -1.02. The fraction of sp³-hybridized carbons (Fsp3) is 0.800. The van der Waals surface area contributed by atoms with Crippen molar-refractivity contribution in [3.8, 4) is 0 Å². The molecule has 0 unspecified atom stereocenters. The van der Waals surface area contributed by atoms with Crippen molar-refractivity contribution in [3.63, 3.8) is 0 Å². The van der Waals surface area contributed by atoms with Crippen LogP contribution in [0, 0.1) is 0 Å². The predicted molar refractivity (Wildman–Crippen MR) is 77.5 cm³/mol. The molecule has 9 heteroatoms. The van der Waals surface area contributed by atoms with Crippen molar-refractivity contribution in [2.24, 2.45) is 0 Å². The summed E-state index contributed by atoms with van der Waals surface area (Å²) in [4.78, 5) is 20.0. The molecule has 6 nitrogen and oxygen atoms in total. The van der Waals surface area contributed by atoms with Gasteiger partial charge in [0.15, 0.2) is 0 Å². The number of nitrogens with one attached hydrogen (secondary N) is 2. The summed E-state index contributed by atoms with van der Waals surface area (Å²) in [7, 11) is 0. The van der Waals surface area contributed by atoms with Crippen LogP contribution in [0.3, 0.4) is 0 Å². The molecule has 0 saturated heterocycles. The molecular formula is C10H20N2O4PtS2. The standard InChI is InChI=1S/2C5H10NO2S.Pt/c2*1-9-3-2-4(6)5(7)8;/h2*4,6H,2-3H2,1H3,(H,7,8);/q2*-1;+2/t2*4-;/m00./s1. The summed E-state index contributed by atoms with van der Waals surface area (Å²) in [6.07, 6.45) is 4.68. The largest absolute Gasteiger partial charge is 2.00 e. The molecule has 116 valence electrons. The topological polar surface area (TPSA) is 122 Å². The molecule has 0 rings (SSSR count). The van der Waals surface area contributed by atoms with E-state index in [0.717, 1.165) is 11.5 Å². The van der Waals surface area contributed by atoms with Gasteiger partial charge in [0.1, 0.15) is 0 Å². The second-order valence-corrected chi connectivity index (χ2v) is 5.32. The third kappa shape index (κ3) is 18.2. The van der Waals surface area contributed by atoms with E-state index in [0.29, 0.717) is 12.8 Å². The normalized spacial score (nSPS) is 12.4. The van der Waals surface area contributed by atoms with E-state index in [1.807, 2.05) is 12.5 Å². The zero-order chi connectivity index (χ0) is 14.6. The van der Waals surface area contributed by atoms with E-state index >= 15 is 0 Å². The summed E-state index contributed by atoms with van der Waals surface area (Å²) in [5.74, 6) is -0.547. The Morgan fingerprint density at radius 3 is 1.37 bits per heavy atom. The summed E-state index contributed by atoms with van der Waals surface area (Å²) in [6, 6.07) is -1.87. The molecule has 2 atom stereocenters. The molecule has 0 saturated carbocycles. The van der Waals surface area contributed by atoms with Crippen LogP contribution in [0.4, 0.5) is 0 Å². The zero-order valence-corrected chi connectivity index (χ0v) is 14.7. The molecule has 19 heavy (non-hydrogen) atoms. The smallest absolute Gasteiger partial charge is 0.665 e. The Morgan fingerprint density at radius 1 is 0.947 bits per heavy atom. The third-order valence-electron chi connectivity index (χ3n) is 1.82. The van der Waals surface area contributed by atoms with Crippen molar-refractivity contribution in [2.45, 2.75) is 24.9 Å². The number of rotatable bonds is 8. The minimum absolute atomic E-state index is 0. The maximum absolute atomic E-state index is 10.0. The first-order chi connectivity index (χ1) is 8.36. The number of carbonyl (C=O) groups is 2. The first-order valence-corrected chi connectivity index (χ1v) is 8.01. The SMILES string of the molecule is CSCC[C@H]([NH-])C(=O)O.CSCC[C@H]([NH-])C(=O)O.[Pt+2]. The Balaban J connectivity index is -0.000000256. The van der Waals surface area contributed by atoms with Crippen molar-refractivity contribution in [1.82, 2.24) is 0 Å². The zero-order valence-electron chi connectivity index (χ0n) is 10.8. The first kappa shape index (κ1) is 24.3. The van der Waals surface area contributed by atoms with Crippen molar-refractivity contribution in [3.05, 3.63) is 11.5 Å². The summed E-state index contributed by atoms with van der Waals surface area (Å²) in [5.41, 5.74) is 13.8. The molecule has 0 aromatic heterocycles. The van der Waals surface area contributed by atoms with E-state index in [4.69, 9.17) is 21.7 Å². The molecule has 0 aromatic carbocycles. The van der Waals surface area contributed by atoms with E-state index in [2.05, 4.69) is 0 Å². The van der Waals surface area contributed by atoms with Gasteiger partial charge in [0.05, 0.1) is 0 Å². The maximum atomic E-state index is 10.0. The molecule has 0 aliphatic carbocycles. The van der Waals surface area contributed by atoms with Crippen LogP contribution in [-0.4, -0.2) is 58.3 Å². The van der Waals surface area contributed by atoms with E-state index in [-0.39, 0.29) is 21.1 Å². The monoisotopic (exact) mass is 491 g/mol. The van der Waals surface area contributed by atoms with E-state index in [1.165, 1.54) is 0 Å². The van der Waals surface area contributed by atoms with E-state index < -0.39 is 24.0 Å². The van der Waals surface area contributed by atoms with Crippen LogP contribution < -0.4 is 0 Å². The molecule has 0 aliphatic rings. The second kappa shape index (κ2) is 16.3. The summed E-state index contributed by atoms with van der Waals surface area (Å²) >= 11 is 3.13. The molecule has 0 aliphatic heterocycles. The van der Waals surface area contributed by atoms with E-state index in [1.54, 1.807) is 23.5 Å². The fourth-order valence-electron chi connectivity index (χ4n) is 0.718. The quantitative estimate of drug-likeness (QED) is 0.538. The van der Waals surface area contributed by atoms with Crippen LogP contribution >= 0.6 is 23.5 Å². The Morgan fingerprint density at radius 2 is 1.21 bits per heavy atom. The Hall–Kier alpha value is 0.248. The van der Waals surface area contributed by atoms with Crippen molar-refractivity contribution in [2.75, 3.05) is 24.0 Å². The van der Waals surface area contributed by atoms with Crippen molar-refractivity contribution >= 4 is 35.5 Å². The number of aliphatic carboxylic acids is 2. The van der Waals surface area contributed by atoms with Crippen LogP contribution in [0.25, 0.3) is 11.5 Å². The number of carboxylic acids is 2. The van der Waals surface area contributed by atoms with Crippen LogP contribution in [0.15, 0.2) is 0 Å². The maximum Gasteiger partial charge on any atom is 2.00 e. The average Bonchev–Trinajstić information content (AvgIpc) is 2.33. The van der Waals surface area contributed by atoms with Gasteiger partial charge in [-0.25, -0.2) is 0 Å². The number of hydrogen-bond acceptors (Lipinski definition) is 4. The Labute approximate surface area is 136 Å². The van der Waals surface area contributed by atoms with Gasteiger partial charge in [-0.2, -0.15) is 23.5 Å². The van der Waals surface area contributed by atoms with Crippen molar-refractivity contribution in [1.29, 1.82) is 0 Å². The van der Waals surface area contributed by atoms with Crippen LogP contribution in [-0.2, 0) is 30.7 Å². The van der Waals surface area contributed by atoms with Crippen LogP contribution in [0.5, 0.6) is 0 Å². The summed E-state index contributed by atoms with van der Waals surface area (Å²) in [5, 5.41) is 16.4. The van der Waals surface area contributed by atoms with Gasteiger partial charge < -0.3 is 21.7 Å². The van der Waals surface area contributed by atoms with Crippen LogP contribution in [0.1, 0.15) is 12.8 Å². The molecule has 4 N–H and O–H groups in total. The molecule has 0 amide bonds. The minimum Gasteiger partial charge on any atom is -0.665 e. The molecule has 0 aromatic rings. The van der Waals surface area contributed by atoms with Gasteiger partial charge in [0, 0.05) is 0 Å². The predicted octanol–water partition coefficient (Wildman–Crippen LogP) is 2.49. The van der Waals surface area contributed by atoms with Gasteiger partial charge in [0.25, 0.3) is 11.9 Å². The van der Waals surface area contributed by atoms with Gasteiger partial charge >= 0.3 is 21.1 Å². The summed E-state index contributed by atoms with van der Waals surface area (Å²) < 4.78 is 0. The van der Waals surface area contributed by atoms with Gasteiger partial charge in [-0.15, -0.1) is 0 Å². The van der Waals surface area contributed by atoms with Gasteiger partial charge in [0.2, 0.25) is 0 Å². The van der Waals surface area contributed by atoms with Crippen molar-refractivity contribution < 1.29 is 40.9 Å². The average molecular weight is 491 g/mol. The molecule has 0 radical (unpaired) electrons. The molecule has 0 bridgehead atoms. The Bertz CT molecular complexity index is 224. The molecule has 0 heterocycles. The van der Waals surface area contributed by atoms with Crippen LogP contribution in [0.2, 0.25) is 0 Å². The van der Waals surface area contributed by atoms with Gasteiger partial charge in [-0.1, -0.05) is 12.8 Å². The van der Waals surface area contributed by atoms with Gasteiger partial charge in [-0.05, 0) is 36.1 Å².